The molecule has 1 aromatic carbocycles. The molecule has 1 aliphatic heterocycles. The Labute approximate surface area is 177 Å². The van der Waals surface area contributed by atoms with Crippen molar-refractivity contribution in [2.45, 2.75) is 52.2 Å². The Hall–Kier alpha value is -3.15. The number of carbonyl (C=O) groups excluding carboxylic acids is 2. The van der Waals surface area contributed by atoms with E-state index >= 15 is 0 Å². The van der Waals surface area contributed by atoms with E-state index in [4.69, 9.17) is 4.74 Å². The first-order chi connectivity index (χ1) is 14.4. The molecule has 0 aliphatic carbocycles. The van der Waals surface area contributed by atoms with E-state index in [-0.39, 0.29) is 17.4 Å². The van der Waals surface area contributed by atoms with Crippen molar-refractivity contribution < 1.29 is 19.4 Å². The third-order valence-corrected chi connectivity index (χ3v) is 4.99. The summed E-state index contributed by atoms with van der Waals surface area (Å²) in [6.07, 6.45) is 4.33. The molecule has 0 spiro atoms. The molecule has 30 heavy (non-hydrogen) atoms. The monoisotopic (exact) mass is 408 g/mol. The van der Waals surface area contributed by atoms with Gasteiger partial charge in [0.15, 0.2) is 0 Å². The normalized spacial score (nSPS) is 18.3. The van der Waals surface area contributed by atoms with E-state index in [1.54, 1.807) is 42.6 Å². The molecule has 6 heteroatoms. The highest BCUT2D eigenvalue weighted by Gasteiger charge is 2.46. The van der Waals surface area contributed by atoms with Gasteiger partial charge >= 0.3 is 0 Å². The zero-order valence-corrected chi connectivity index (χ0v) is 17.7. The first-order valence-corrected chi connectivity index (χ1v) is 10.4. The average Bonchev–Trinajstić information content (AvgIpc) is 2.99. The maximum absolute atomic E-state index is 12.9. The number of benzene rings is 1. The van der Waals surface area contributed by atoms with Crippen LogP contribution in [0.4, 0.5) is 0 Å². The molecule has 0 radical (unpaired) electrons. The Kier molecular flexibility index (Phi) is 6.87. The highest BCUT2D eigenvalue weighted by molar-refractivity contribution is 6.46. The fourth-order valence-electron chi connectivity index (χ4n) is 3.63. The predicted octanol–water partition coefficient (Wildman–Crippen LogP) is 4.48. The molecule has 1 aromatic heterocycles. The minimum atomic E-state index is -0.710. The molecule has 1 amide bonds. The number of ether oxygens (including phenoxy) is 1. The maximum Gasteiger partial charge on any atom is 0.295 e. The first kappa shape index (κ1) is 21.6. The Morgan fingerprint density at radius 3 is 2.63 bits per heavy atom. The zero-order chi connectivity index (χ0) is 21.7. The number of aliphatic hydroxyl groups is 1. The number of likely N-dealkylation sites (tertiary alicyclic amines) is 1. The minimum Gasteiger partial charge on any atom is -0.507 e. The molecule has 1 atom stereocenters. The lowest BCUT2D eigenvalue weighted by atomic mass is 9.98. The van der Waals surface area contributed by atoms with Gasteiger partial charge < -0.3 is 14.7 Å². The van der Waals surface area contributed by atoms with Gasteiger partial charge in [-0.25, -0.2) is 0 Å². The molecule has 0 saturated carbocycles. The number of aliphatic hydroxyl groups excluding tert-OH is 1. The quantitative estimate of drug-likeness (QED) is 0.301. The van der Waals surface area contributed by atoms with Gasteiger partial charge in [-0.15, -0.1) is 0 Å². The largest absolute Gasteiger partial charge is 0.507 e. The molecule has 158 valence electrons. The number of pyridine rings is 1. The summed E-state index contributed by atoms with van der Waals surface area (Å²) in [7, 11) is 0. The van der Waals surface area contributed by atoms with Crippen molar-refractivity contribution in [2.24, 2.45) is 0 Å². The van der Waals surface area contributed by atoms with Gasteiger partial charge in [0.05, 0.1) is 17.4 Å². The predicted molar refractivity (Wildman–Crippen MR) is 115 cm³/mol. The van der Waals surface area contributed by atoms with E-state index in [0.29, 0.717) is 23.6 Å². The molecule has 1 N–H and O–H groups in total. The Balaban J connectivity index is 2.07. The number of unbranched alkanes of at least 4 members (excludes halogenated alkanes) is 2. The fourth-order valence-corrected chi connectivity index (χ4v) is 3.63. The van der Waals surface area contributed by atoms with E-state index < -0.39 is 17.7 Å². The number of hydrogen-bond acceptors (Lipinski definition) is 5. The summed E-state index contributed by atoms with van der Waals surface area (Å²) in [5, 5.41) is 11.1. The van der Waals surface area contributed by atoms with Crippen LogP contribution in [0.5, 0.6) is 5.75 Å². The van der Waals surface area contributed by atoms with Gasteiger partial charge in [-0.3, -0.25) is 14.6 Å². The van der Waals surface area contributed by atoms with E-state index in [1.807, 2.05) is 19.9 Å². The molecule has 6 nitrogen and oxygen atoms in total. The topological polar surface area (TPSA) is 79.7 Å². The first-order valence-electron chi connectivity index (χ1n) is 10.4. The van der Waals surface area contributed by atoms with Crippen molar-refractivity contribution in [2.75, 3.05) is 6.54 Å². The summed E-state index contributed by atoms with van der Waals surface area (Å²) in [5.41, 5.74) is 1.06. The lowest BCUT2D eigenvalue weighted by molar-refractivity contribution is -0.140. The number of ketones is 1. The zero-order valence-electron chi connectivity index (χ0n) is 17.7. The number of hydrogen-bond donors (Lipinski definition) is 1. The SMILES string of the molecule is CCCCCN1C(=O)C(=O)/C(=C(\O)c2cccc(OC(C)C)c2)C1c1ccccn1. The highest BCUT2D eigenvalue weighted by Crippen LogP contribution is 2.39. The van der Waals surface area contributed by atoms with Crippen LogP contribution in [-0.4, -0.2) is 39.3 Å². The number of Topliss-reactive ketones (excluding diaryl/α,β-unsaturated/α-hetero) is 1. The summed E-state index contributed by atoms with van der Waals surface area (Å²) in [6.45, 7) is 6.34. The summed E-state index contributed by atoms with van der Waals surface area (Å²) in [5.74, 6) is -0.912. The van der Waals surface area contributed by atoms with Crippen LogP contribution in [0.2, 0.25) is 0 Å². The molecule has 0 bridgehead atoms. The van der Waals surface area contributed by atoms with Crippen LogP contribution in [0.1, 0.15) is 57.3 Å². The smallest absolute Gasteiger partial charge is 0.295 e. The van der Waals surface area contributed by atoms with Crippen molar-refractivity contribution in [3.05, 3.63) is 65.5 Å². The molecule has 1 unspecified atom stereocenters. The van der Waals surface area contributed by atoms with Crippen LogP contribution in [0.15, 0.2) is 54.2 Å². The van der Waals surface area contributed by atoms with Crippen molar-refractivity contribution in [3.63, 3.8) is 0 Å². The number of rotatable bonds is 8. The Morgan fingerprint density at radius 1 is 1.17 bits per heavy atom. The van der Waals surface area contributed by atoms with Gasteiger partial charge in [0.1, 0.15) is 17.6 Å². The van der Waals surface area contributed by atoms with Crippen LogP contribution >= 0.6 is 0 Å². The van der Waals surface area contributed by atoms with E-state index in [9.17, 15) is 14.7 Å². The number of nitrogens with zero attached hydrogens (tertiary/aromatic N) is 2. The molecule has 3 rings (SSSR count). The summed E-state index contributed by atoms with van der Waals surface area (Å²) in [4.78, 5) is 31.7. The van der Waals surface area contributed by atoms with Gasteiger partial charge in [0, 0.05) is 18.3 Å². The Morgan fingerprint density at radius 2 is 1.97 bits per heavy atom. The molecule has 1 fully saturated rings. The standard InChI is InChI=1S/C24H28N2O4/c1-4-5-8-14-26-21(19-12-6-7-13-25-19)20(23(28)24(26)29)22(27)17-10-9-11-18(15-17)30-16(2)3/h6-7,9-13,15-16,21,27H,4-5,8,14H2,1-3H3/b22-20-. The molecule has 2 heterocycles. The number of amides is 1. The lowest BCUT2D eigenvalue weighted by Crippen LogP contribution is -2.31. The Bertz CT molecular complexity index is 937. The van der Waals surface area contributed by atoms with Crippen LogP contribution < -0.4 is 4.74 Å². The van der Waals surface area contributed by atoms with Crippen LogP contribution in [0.3, 0.4) is 0 Å². The van der Waals surface area contributed by atoms with E-state index in [1.165, 1.54) is 4.90 Å². The van der Waals surface area contributed by atoms with Crippen molar-refractivity contribution in [3.8, 4) is 5.75 Å². The van der Waals surface area contributed by atoms with Gasteiger partial charge in [0.25, 0.3) is 11.7 Å². The summed E-state index contributed by atoms with van der Waals surface area (Å²) >= 11 is 0. The number of carbonyl (C=O) groups is 2. The number of aromatic nitrogens is 1. The van der Waals surface area contributed by atoms with E-state index in [2.05, 4.69) is 11.9 Å². The minimum absolute atomic E-state index is 0.0277. The molecular formula is C24H28N2O4. The molecule has 2 aromatic rings. The second-order valence-corrected chi connectivity index (χ2v) is 7.65. The lowest BCUT2D eigenvalue weighted by Gasteiger charge is -2.24. The molecule has 1 aliphatic rings. The van der Waals surface area contributed by atoms with Crippen LogP contribution in [-0.2, 0) is 9.59 Å². The maximum atomic E-state index is 12.9. The second kappa shape index (κ2) is 9.57. The van der Waals surface area contributed by atoms with E-state index in [0.717, 1.165) is 19.3 Å². The molecular weight excluding hydrogens is 380 g/mol. The molecule has 1 saturated heterocycles. The van der Waals surface area contributed by atoms with Crippen molar-refractivity contribution >= 4 is 17.4 Å². The van der Waals surface area contributed by atoms with Gasteiger partial charge in [-0.2, -0.15) is 0 Å². The van der Waals surface area contributed by atoms with Gasteiger partial charge in [0.2, 0.25) is 0 Å². The van der Waals surface area contributed by atoms with Crippen LogP contribution in [0.25, 0.3) is 5.76 Å². The van der Waals surface area contributed by atoms with Crippen molar-refractivity contribution in [1.29, 1.82) is 0 Å². The van der Waals surface area contributed by atoms with Crippen molar-refractivity contribution in [1.82, 2.24) is 9.88 Å². The van der Waals surface area contributed by atoms with Crippen LogP contribution in [0, 0.1) is 0 Å². The van der Waals surface area contributed by atoms with Gasteiger partial charge in [-0.05, 0) is 44.5 Å². The fraction of sp³-hybridized carbons (Fsp3) is 0.375. The third kappa shape index (κ3) is 4.53. The van der Waals surface area contributed by atoms with Gasteiger partial charge in [-0.1, -0.05) is 38.0 Å². The second-order valence-electron chi connectivity index (χ2n) is 7.65. The third-order valence-electron chi connectivity index (χ3n) is 4.99. The average molecular weight is 408 g/mol. The highest BCUT2D eigenvalue weighted by atomic mass is 16.5. The summed E-state index contributed by atoms with van der Waals surface area (Å²) < 4.78 is 5.71. The summed E-state index contributed by atoms with van der Waals surface area (Å²) in [6, 6.07) is 11.6.